The number of hydrogen-bond acceptors (Lipinski definition) is 4. The third-order valence-electron chi connectivity index (χ3n) is 4.04. The van der Waals surface area contributed by atoms with Crippen LogP contribution in [0.2, 0.25) is 25.7 Å². The molecule has 0 aromatic rings. The Balaban J connectivity index is 2.24. The highest BCUT2D eigenvalue weighted by Crippen LogP contribution is 2.19. The Labute approximate surface area is 136 Å². The fourth-order valence-electron chi connectivity index (χ4n) is 2.64. The molecule has 2 N–H and O–H groups in total. The normalized spacial score (nSPS) is 21.0. The van der Waals surface area contributed by atoms with E-state index in [-0.39, 0.29) is 12.1 Å². The van der Waals surface area contributed by atoms with Crippen molar-refractivity contribution in [1.29, 1.82) is 0 Å². The van der Waals surface area contributed by atoms with Crippen molar-refractivity contribution >= 4 is 14.2 Å². The Morgan fingerprint density at radius 3 is 2.82 bits per heavy atom. The van der Waals surface area contributed by atoms with Gasteiger partial charge in [-0.25, -0.2) is 4.79 Å². The molecule has 0 saturated carbocycles. The van der Waals surface area contributed by atoms with Crippen LogP contribution in [0.4, 0.5) is 4.79 Å². The zero-order chi connectivity index (χ0) is 16.6. The predicted octanol–water partition coefficient (Wildman–Crippen LogP) is 2.93. The maximum Gasteiger partial charge on any atom is 0.409 e. The molecule has 0 aliphatic carbocycles. The molecule has 1 aliphatic heterocycles. The lowest BCUT2D eigenvalue weighted by molar-refractivity contribution is 0.101. The lowest BCUT2D eigenvalue weighted by atomic mass is 9.96. The highest BCUT2D eigenvalue weighted by atomic mass is 28.3. The van der Waals surface area contributed by atoms with Gasteiger partial charge < -0.3 is 20.1 Å². The second kappa shape index (κ2) is 9.52. The Hall–Kier alpha value is -0.593. The zero-order valence-electron chi connectivity index (χ0n) is 14.8. The molecule has 0 unspecified atom stereocenters. The summed E-state index contributed by atoms with van der Waals surface area (Å²) in [6.07, 6.45) is 4.19. The molecule has 0 aromatic carbocycles. The highest BCUT2D eigenvalue weighted by molar-refractivity contribution is 6.76. The number of likely N-dealkylation sites (N-methyl/N-ethyl adjacent to an activating group) is 1. The van der Waals surface area contributed by atoms with Crippen LogP contribution in [0.1, 0.15) is 25.7 Å². The van der Waals surface area contributed by atoms with Crippen LogP contribution in [0.25, 0.3) is 0 Å². The van der Waals surface area contributed by atoms with Crippen LogP contribution in [0.15, 0.2) is 0 Å². The molecule has 1 aliphatic rings. The molecule has 1 saturated heterocycles. The average molecular weight is 331 g/mol. The van der Waals surface area contributed by atoms with E-state index in [0.29, 0.717) is 19.1 Å². The first-order chi connectivity index (χ1) is 10.3. The molecule has 0 spiro atoms. The summed E-state index contributed by atoms with van der Waals surface area (Å²) in [6.45, 7) is 9.56. The van der Waals surface area contributed by atoms with Crippen molar-refractivity contribution in [1.82, 2.24) is 4.90 Å². The summed E-state index contributed by atoms with van der Waals surface area (Å²) >= 11 is 0. The van der Waals surface area contributed by atoms with Gasteiger partial charge in [0.05, 0.1) is 6.61 Å². The topological polar surface area (TPSA) is 64.8 Å². The van der Waals surface area contributed by atoms with Crippen LogP contribution < -0.4 is 5.73 Å². The number of nitrogens with two attached hydrogens (primary N) is 1. The van der Waals surface area contributed by atoms with Gasteiger partial charge in [-0.2, -0.15) is 0 Å². The minimum Gasteiger partial charge on any atom is -0.450 e. The lowest BCUT2D eigenvalue weighted by Crippen LogP contribution is -2.40. The summed E-state index contributed by atoms with van der Waals surface area (Å²) in [5, 5.41) is 0. The summed E-state index contributed by atoms with van der Waals surface area (Å²) in [4.78, 5) is 13.6. The van der Waals surface area contributed by atoms with E-state index in [1.807, 2.05) is 0 Å². The predicted molar refractivity (Wildman–Crippen MR) is 92.9 cm³/mol. The summed E-state index contributed by atoms with van der Waals surface area (Å²) < 4.78 is 10.9. The molecule has 5 nitrogen and oxygen atoms in total. The summed E-state index contributed by atoms with van der Waals surface area (Å²) in [7, 11) is 0.605. The smallest absolute Gasteiger partial charge is 0.409 e. The molecule has 6 heteroatoms. The number of rotatable bonds is 7. The first kappa shape index (κ1) is 19.5. The number of amides is 1. The largest absolute Gasteiger partial charge is 0.450 e. The fraction of sp³-hybridized carbons (Fsp3) is 0.938. The summed E-state index contributed by atoms with van der Waals surface area (Å²) in [6, 6.07) is 0.985. The van der Waals surface area contributed by atoms with E-state index in [2.05, 4.69) is 19.6 Å². The van der Waals surface area contributed by atoms with E-state index < -0.39 is 8.07 Å². The maximum absolute atomic E-state index is 12.0. The van der Waals surface area contributed by atoms with Gasteiger partial charge >= 0.3 is 6.09 Å². The molecular weight excluding hydrogens is 296 g/mol. The van der Waals surface area contributed by atoms with Crippen molar-refractivity contribution in [3.63, 3.8) is 0 Å². The Morgan fingerprint density at radius 2 is 2.14 bits per heavy atom. The Morgan fingerprint density at radius 1 is 1.41 bits per heavy atom. The van der Waals surface area contributed by atoms with Crippen LogP contribution >= 0.6 is 0 Å². The summed E-state index contributed by atoms with van der Waals surface area (Å²) in [5.41, 5.74) is 6.19. The Kier molecular flexibility index (Phi) is 8.42. The molecular formula is C16H34N2O3Si. The lowest BCUT2D eigenvalue weighted by Gasteiger charge is -2.24. The van der Waals surface area contributed by atoms with Gasteiger partial charge in [-0.3, -0.25) is 0 Å². The van der Waals surface area contributed by atoms with Gasteiger partial charge in [-0.05, 0) is 31.2 Å². The maximum atomic E-state index is 12.0. The second-order valence-electron chi connectivity index (χ2n) is 7.74. The van der Waals surface area contributed by atoms with Crippen molar-refractivity contribution in [2.45, 2.75) is 57.4 Å². The van der Waals surface area contributed by atoms with Gasteiger partial charge in [0.15, 0.2) is 0 Å². The van der Waals surface area contributed by atoms with E-state index in [1.165, 1.54) is 12.8 Å². The van der Waals surface area contributed by atoms with Crippen LogP contribution in [0.5, 0.6) is 0 Å². The molecule has 0 bridgehead atoms. The molecule has 0 aromatic heterocycles. The van der Waals surface area contributed by atoms with Crippen molar-refractivity contribution in [2.24, 2.45) is 11.7 Å². The van der Waals surface area contributed by atoms with E-state index in [1.54, 1.807) is 11.9 Å². The second-order valence-corrected chi connectivity index (χ2v) is 13.4. The standard InChI is InChI=1S/C16H34N2O3Si/c1-18(16(19)21-9-10-22(2,3)4)12-15(17)11-14-7-5-6-8-20-13-14/h14-15H,5-13,17H2,1-4H3/t14-,15+/m1/s1. The molecule has 22 heavy (non-hydrogen) atoms. The zero-order valence-corrected chi connectivity index (χ0v) is 15.8. The van der Waals surface area contributed by atoms with Crippen LogP contribution in [-0.2, 0) is 9.47 Å². The number of ether oxygens (including phenoxy) is 2. The van der Waals surface area contributed by atoms with Crippen LogP contribution in [0.3, 0.4) is 0 Å². The fourth-order valence-corrected chi connectivity index (χ4v) is 3.35. The van der Waals surface area contributed by atoms with Gasteiger partial charge in [-0.15, -0.1) is 0 Å². The monoisotopic (exact) mass is 330 g/mol. The SMILES string of the molecule is CN(C[C@@H](N)C[C@H]1CCCCOC1)C(=O)OCC[Si](C)(C)C. The Bertz CT molecular complexity index is 326. The van der Waals surface area contributed by atoms with E-state index in [4.69, 9.17) is 15.2 Å². The molecule has 1 heterocycles. The van der Waals surface area contributed by atoms with E-state index in [0.717, 1.165) is 32.1 Å². The summed E-state index contributed by atoms with van der Waals surface area (Å²) in [5.74, 6) is 0.522. The van der Waals surface area contributed by atoms with Gasteiger partial charge in [0.2, 0.25) is 0 Å². The minimum atomic E-state index is -1.16. The van der Waals surface area contributed by atoms with Crippen molar-refractivity contribution in [3.8, 4) is 0 Å². The van der Waals surface area contributed by atoms with Crippen molar-refractivity contribution in [2.75, 3.05) is 33.4 Å². The molecule has 1 fully saturated rings. The third kappa shape index (κ3) is 8.75. The van der Waals surface area contributed by atoms with Crippen LogP contribution in [-0.4, -0.2) is 58.5 Å². The molecule has 0 radical (unpaired) electrons. The van der Waals surface area contributed by atoms with Gasteiger partial charge in [0.25, 0.3) is 0 Å². The van der Waals surface area contributed by atoms with Crippen LogP contribution in [0, 0.1) is 5.92 Å². The number of hydrogen-bond donors (Lipinski definition) is 1. The molecule has 2 atom stereocenters. The molecule has 1 rings (SSSR count). The molecule has 130 valence electrons. The number of carbonyl (C=O) groups is 1. The van der Waals surface area contributed by atoms with Crippen molar-refractivity contribution in [3.05, 3.63) is 0 Å². The molecule has 1 amide bonds. The van der Waals surface area contributed by atoms with Gasteiger partial charge in [0.1, 0.15) is 0 Å². The number of nitrogens with zero attached hydrogens (tertiary/aromatic N) is 1. The minimum absolute atomic E-state index is 0.0127. The highest BCUT2D eigenvalue weighted by Gasteiger charge is 2.20. The first-order valence-electron chi connectivity index (χ1n) is 8.49. The quantitative estimate of drug-likeness (QED) is 0.729. The van der Waals surface area contributed by atoms with E-state index >= 15 is 0 Å². The third-order valence-corrected chi connectivity index (χ3v) is 5.74. The van der Waals surface area contributed by atoms with Crippen molar-refractivity contribution < 1.29 is 14.3 Å². The van der Waals surface area contributed by atoms with Gasteiger partial charge in [0, 0.05) is 40.9 Å². The average Bonchev–Trinajstić information content (AvgIpc) is 2.65. The van der Waals surface area contributed by atoms with E-state index in [9.17, 15) is 4.79 Å². The number of carbonyl (C=O) groups excluding carboxylic acids is 1. The van der Waals surface area contributed by atoms with Gasteiger partial charge in [-0.1, -0.05) is 26.1 Å². The first-order valence-corrected chi connectivity index (χ1v) is 12.2.